The summed E-state index contributed by atoms with van der Waals surface area (Å²) in [6.07, 6.45) is 21.6. The molecular formula is C24H46O4. The van der Waals surface area contributed by atoms with Gasteiger partial charge in [0.15, 0.2) is 6.29 Å². The summed E-state index contributed by atoms with van der Waals surface area (Å²) in [5, 5.41) is 8.60. The summed E-state index contributed by atoms with van der Waals surface area (Å²) in [4.78, 5) is 10.4. The van der Waals surface area contributed by atoms with Gasteiger partial charge in [0.25, 0.3) is 0 Å². The molecule has 2 atom stereocenters. The van der Waals surface area contributed by atoms with E-state index in [-0.39, 0.29) is 6.29 Å². The molecule has 1 heterocycles. The average molecular weight is 399 g/mol. The van der Waals surface area contributed by atoms with E-state index in [9.17, 15) is 4.79 Å². The normalized spacial score (nSPS) is 18.2. The molecular weight excluding hydrogens is 352 g/mol. The molecule has 28 heavy (non-hydrogen) atoms. The molecule has 1 N–H and O–H groups in total. The van der Waals surface area contributed by atoms with E-state index in [1.165, 1.54) is 89.9 Å². The van der Waals surface area contributed by atoms with Gasteiger partial charge >= 0.3 is 5.97 Å². The molecule has 1 unspecified atom stereocenters. The molecule has 1 aliphatic heterocycles. The molecule has 1 rings (SSSR count). The van der Waals surface area contributed by atoms with E-state index >= 15 is 0 Å². The van der Waals surface area contributed by atoms with Crippen LogP contribution in [0.15, 0.2) is 0 Å². The summed E-state index contributed by atoms with van der Waals surface area (Å²) < 4.78 is 11.4. The molecule has 0 bridgehead atoms. The van der Waals surface area contributed by atoms with Crippen molar-refractivity contribution in [1.29, 1.82) is 0 Å². The molecule has 4 heteroatoms. The van der Waals surface area contributed by atoms with Crippen molar-refractivity contribution in [3.63, 3.8) is 0 Å². The second-order valence-electron chi connectivity index (χ2n) is 8.74. The van der Waals surface area contributed by atoms with Crippen molar-refractivity contribution in [2.45, 2.75) is 129 Å². The standard InChI is InChI=1S/C24H46O4/c1-22(16-10-6-2-3-8-12-18-23(25)26)17-11-7-4-5-9-14-20-27-24-19-13-15-21-28-24/h22,24H,2-21H2,1H3,(H,25,26)/t22-,24?/m0/s1. The maximum atomic E-state index is 10.4. The Morgan fingerprint density at radius 1 is 0.893 bits per heavy atom. The minimum atomic E-state index is -0.660. The molecule has 1 aliphatic rings. The molecule has 4 nitrogen and oxygen atoms in total. The number of rotatable bonds is 19. The molecule has 166 valence electrons. The third-order valence-electron chi connectivity index (χ3n) is 5.87. The van der Waals surface area contributed by atoms with Crippen LogP contribution in [0.5, 0.6) is 0 Å². The van der Waals surface area contributed by atoms with Crippen molar-refractivity contribution in [2.24, 2.45) is 5.92 Å². The highest BCUT2D eigenvalue weighted by molar-refractivity contribution is 5.66. The highest BCUT2D eigenvalue weighted by Crippen LogP contribution is 2.19. The fourth-order valence-corrected chi connectivity index (χ4v) is 3.98. The van der Waals surface area contributed by atoms with Gasteiger partial charge in [0.2, 0.25) is 0 Å². The molecule has 0 spiro atoms. The van der Waals surface area contributed by atoms with Crippen LogP contribution in [-0.4, -0.2) is 30.6 Å². The van der Waals surface area contributed by atoms with Gasteiger partial charge in [-0.05, 0) is 38.0 Å². The third kappa shape index (κ3) is 16.4. The van der Waals surface area contributed by atoms with Crippen molar-refractivity contribution in [3.05, 3.63) is 0 Å². The molecule has 0 amide bonds. The lowest BCUT2D eigenvalue weighted by atomic mass is 9.96. The zero-order valence-corrected chi connectivity index (χ0v) is 18.5. The maximum absolute atomic E-state index is 10.4. The van der Waals surface area contributed by atoms with Gasteiger partial charge in [0, 0.05) is 19.6 Å². The van der Waals surface area contributed by atoms with Gasteiger partial charge in [-0.15, -0.1) is 0 Å². The lowest BCUT2D eigenvalue weighted by molar-refractivity contribution is -0.162. The molecule has 0 aromatic heterocycles. The van der Waals surface area contributed by atoms with Gasteiger partial charge in [-0.1, -0.05) is 84.0 Å². The fraction of sp³-hybridized carbons (Fsp3) is 0.958. The maximum Gasteiger partial charge on any atom is 0.303 e. The second-order valence-corrected chi connectivity index (χ2v) is 8.74. The van der Waals surface area contributed by atoms with Crippen molar-refractivity contribution < 1.29 is 19.4 Å². The van der Waals surface area contributed by atoms with Crippen LogP contribution in [0.2, 0.25) is 0 Å². The van der Waals surface area contributed by atoms with Crippen molar-refractivity contribution in [2.75, 3.05) is 13.2 Å². The number of carbonyl (C=O) groups is 1. The van der Waals surface area contributed by atoms with Crippen molar-refractivity contribution in [1.82, 2.24) is 0 Å². The van der Waals surface area contributed by atoms with Gasteiger partial charge in [-0.3, -0.25) is 4.79 Å². The van der Waals surface area contributed by atoms with E-state index in [2.05, 4.69) is 6.92 Å². The van der Waals surface area contributed by atoms with Crippen molar-refractivity contribution >= 4 is 5.97 Å². The highest BCUT2D eigenvalue weighted by atomic mass is 16.7. The van der Waals surface area contributed by atoms with Crippen LogP contribution in [0.4, 0.5) is 0 Å². The number of carboxylic acids is 1. The van der Waals surface area contributed by atoms with E-state index in [0.29, 0.717) is 6.42 Å². The predicted molar refractivity (Wildman–Crippen MR) is 116 cm³/mol. The first kappa shape index (κ1) is 25.4. The number of carboxylic acid groups (broad SMARTS) is 1. The largest absolute Gasteiger partial charge is 0.481 e. The smallest absolute Gasteiger partial charge is 0.303 e. The van der Waals surface area contributed by atoms with Gasteiger partial charge in [-0.25, -0.2) is 0 Å². The second kappa shape index (κ2) is 18.4. The molecule has 0 saturated carbocycles. The molecule has 1 fully saturated rings. The SMILES string of the molecule is C[C@H](CCCCCCCCOC1CCCCO1)CCCCCCCCC(=O)O. The molecule has 1 saturated heterocycles. The number of ether oxygens (including phenoxy) is 2. The molecule has 0 aromatic rings. The lowest BCUT2D eigenvalue weighted by Gasteiger charge is -2.22. The van der Waals surface area contributed by atoms with Crippen LogP contribution < -0.4 is 0 Å². The zero-order chi connectivity index (χ0) is 20.3. The predicted octanol–water partition coefficient (Wildman–Crippen LogP) is 7.10. The Kier molecular flexibility index (Phi) is 16.7. The van der Waals surface area contributed by atoms with Crippen LogP contribution in [0, 0.1) is 5.92 Å². The first-order valence-corrected chi connectivity index (χ1v) is 12.1. The van der Waals surface area contributed by atoms with Crippen LogP contribution in [-0.2, 0) is 14.3 Å². The van der Waals surface area contributed by atoms with Crippen LogP contribution in [0.3, 0.4) is 0 Å². The number of hydrogen-bond donors (Lipinski definition) is 1. The number of aliphatic carboxylic acids is 1. The van der Waals surface area contributed by atoms with E-state index in [4.69, 9.17) is 14.6 Å². The van der Waals surface area contributed by atoms with Gasteiger partial charge in [0.1, 0.15) is 0 Å². The summed E-state index contributed by atoms with van der Waals surface area (Å²) in [6, 6.07) is 0. The Balaban J connectivity index is 1.74. The Bertz CT molecular complexity index is 353. The summed E-state index contributed by atoms with van der Waals surface area (Å²) >= 11 is 0. The van der Waals surface area contributed by atoms with Crippen LogP contribution >= 0.6 is 0 Å². The lowest BCUT2D eigenvalue weighted by Crippen LogP contribution is -2.22. The third-order valence-corrected chi connectivity index (χ3v) is 5.87. The van der Waals surface area contributed by atoms with E-state index < -0.39 is 5.97 Å². The first-order valence-electron chi connectivity index (χ1n) is 12.1. The molecule has 0 radical (unpaired) electrons. The van der Waals surface area contributed by atoms with Crippen LogP contribution in [0.1, 0.15) is 122 Å². The number of unbranched alkanes of at least 4 members (excludes halogenated alkanes) is 10. The minimum Gasteiger partial charge on any atom is -0.481 e. The Hall–Kier alpha value is -0.610. The number of hydrogen-bond acceptors (Lipinski definition) is 3. The Morgan fingerprint density at radius 2 is 1.46 bits per heavy atom. The topological polar surface area (TPSA) is 55.8 Å². The highest BCUT2D eigenvalue weighted by Gasteiger charge is 2.13. The van der Waals surface area contributed by atoms with E-state index in [1.54, 1.807) is 0 Å². The van der Waals surface area contributed by atoms with Gasteiger partial charge < -0.3 is 14.6 Å². The summed E-state index contributed by atoms with van der Waals surface area (Å²) in [6.45, 7) is 4.14. The first-order chi connectivity index (χ1) is 13.7. The summed E-state index contributed by atoms with van der Waals surface area (Å²) in [5.41, 5.74) is 0. The van der Waals surface area contributed by atoms with Gasteiger partial charge in [0.05, 0.1) is 0 Å². The quantitative estimate of drug-likeness (QED) is 0.236. The van der Waals surface area contributed by atoms with E-state index in [0.717, 1.165) is 38.4 Å². The zero-order valence-electron chi connectivity index (χ0n) is 18.5. The minimum absolute atomic E-state index is 0.0761. The molecule has 0 aromatic carbocycles. The summed E-state index contributed by atoms with van der Waals surface area (Å²) in [7, 11) is 0. The van der Waals surface area contributed by atoms with E-state index in [1.807, 2.05) is 0 Å². The Morgan fingerprint density at radius 3 is 2.04 bits per heavy atom. The Labute approximate surface area is 173 Å². The van der Waals surface area contributed by atoms with Gasteiger partial charge in [-0.2, -0.15) is 0 Å². The van der Waals surface area contributed by atoms with Crippen LogP contribution in [0.25, 0.3) is 0 Å². The van der Waals surface area contributed by atoms with Crippen molar-refractivity contribution in [3.8, 4) is 0 Å². The molecule has 0 aliphatic carbocycles. The average Bonchev–Trinajstić information content (AvgIpc) is 2.69. The monoisotopic (exact) mass is 398 g/mol. The fourth-order valence-electron chi connectivity index (χ4n) is 3.98. The summed E-state index contributed by atoms with van der Waals surface area (Å²) in [5.74, 6) is 0.198.